The van der Waals surface area contributed by atoms with Gasteiger partial charge in [0.1, 0.15) is 6.10 Å². The molecule has 0 aromatic carbocycles. The zero-order valence-electron chi connectivity index (χ0n) is 14.9. The Labute approximate surface area is 152 Å². The number of cyclic esters (lactones) is 1. The van der Waals surface area contributed by atoms with Crippen LogP contribution in [0.15, 0.2) is 36.0 Å². The lowest BCUT2D eigenvalue weighted by Crippen LogP contribution is -2.47. The Morgan fingerprint density at radius 3 is 2.65 bits per heavy atom. The summed E-state index contributed by atoms with van der Waals surface area (Å²) in [6, 6.07) is 0. The van der Waals surface area contributed by atoms with E-state index in [4.69, 9.17) is 14.2 Å². The second-order valence-electron chi connectivity index (χ2n) is 7.86. The molecule has 2 heterocycles. The number of hydrogen-bond acceptors (Lipinski definition) is 6. The van der Waals surface area contributed by atoms with Crippen LogP contribution in [0, 0.1) is 17.8 Å². The van der Waals surface area contributed by atoms with Gasteiger partial charge in [-0.2, -0.15) is 0 Å². The fourth-order valence-corrected chi connectivity index (χ4v) is 4.84. The monoisotopic (exact) mass is 360 g/mol. The van der Waals surface area contributed by atoms with Crippen molar-refractivity contribution in [1.82, 2.24) is 0 Å². The predicted molar refractivity (Wildman–Crippen MR) is 91.6 cm³/mol. The number of esters is 2. The zero-order chi connectivity index (χ0) is 18.6. The molecule has 1 saturated heterocycles. The first-order valence-electron chi connectivity index (χ1n) is 9.11. The minimum absolute atomic E-state index is 0.0134. The van der Waals surface area contributed by atoms with E-state index >= 15 is 0 Å². The molecule has 26 heavy (non-hydrogen) atoms. The van der Waals surface area contributed by atoms with Crippen molar-refractivity contribution in [2.45, 2.75) is 50.6 Å². The number of hydrogen-bond donors (Lipinski definition) is 1. The highest BCUT2D eigenvalue weighted by Gasteiger charge is 2.61. The minimum Gasteiger partial charge on any atom is -0.459 e. The molecule has 2 aliphatic carbocycles. The topological polar surface area (TPSA) is 82.1 Å². The molecule has 2 saturated carbocycles. The van der Waals surface area contributed by atoms with Crippen LogP contribution in [0.1, 0.15) is 32.6 Å². The Morgan fingerprint density at radius 2 is 1.96 bits per heavy atom. The fourth-order valence-electron chi connectivity index (χ4n) is 4.84. The standard InChI is InChI=1S/C20H24O6/c1-10-5-7-14-17(16-11(2)4-6-13(10)16)26-19(22)20(14,23)9-24-15-8-12(3)18(21)25-15/h8,13-17,23H,1-2,4-7,9H2,3H3/t13-,14+,15-,16-,17-,20-/m0/s1. The van der Waals surface area contributed by atoms with E-state index in [0.717, 1.165) is 30.4 Å². The Kier molecular flexibility index (Phi) is 4.08. The van der Waals surface area contributed by atoms with E-state index in [-0.39, 0.29) is 18.4 Å². The largest absolute Gasteiger partial charge is 0.459 e. The van der Waals surface area contributed by atoms with Gasteiger partial charge in [0.2, 0.25) is 6.29 Å². The number of ether oxygens (including phenoxy) is 3. The number of fused-ring (bicyclic) bond motifs is 3. The van der Waals surface area contributed by atoms with Crippen molar-refractivity contribution in [3.05, 3.63) is 36.0 Å². The summed E-state index contributed by atoms with van der Waals surface area (Å²) in [6.07, 6.45) is 3.47. The molecule has 6 atom stereocenters. The number of allylic oxidation sites excluding steroid dienone is 1. The molecule has 3 fully saturated rings. The minimum atomic E-state index is -1.75. The van der Waals surface area contributed by atoms with Gasteiger partial charge in [-0.25, -0.2) is 9.59 Å². The molecule has 0 aromatic heterocycles. The van der Waals surface area contributed by atoms with Gasteiger partial charge in [-0.05, 0) is 44.6 Å². The second kappa shape index (κ2) is 6.06. The molecule has 140 valence electrons. The molecular weight excluding hydrogens is 336 g/mol. The van der Waals surface area contributed by atoms with E-state index in [9.17, 15) is 14.7 Å². The molecule has 0 bridgehead atoms. The van der Waals surface area contributed by atoms with Crippen LogP contribution in [0.4, 0.5) is 0 Å². The lowest BCUT2D eigenvalue weighted by molar-refractivity contribution is -0.180. The zero-order valence-corrected chi connectivity index (χ0v) is 14.9. The average Bonchev–Trinajstić information content (AvgIpc) is 3.17. The van der Waals surface area contributed by atoms with Gasteiger partial charge < -0.3 is 19.3 Å². The average molecular weight is 360 g/mol. The highest BCUT2D eigenvalue weighted by Crippen LogP contribution is 2.53. The summed E-state index contributed by atoms with van der Waals surface area (Å²) in [5.41, 5.74) is 0.907. The Bertz CT molecular complexity index is 722. The van der Waals surface area contributed by atoms with Gasteiger partial charge in [0.15, 0.2) is 5.60 Å². The highest BCUT2D eigenvalue weighted by molar-refractivity contribution is 5.90. The molecular formula is C20H24O6. The summed E-state index contributed by atoms with van der Waals surface area (Å²) in [7, 11) is 0. The van der Waals surface area contributed by atoms with Crippen molar-refractivity contribution in [2.24, 2.45) is 17.8 Å². The molecule has 0 radical (unpaired) electrons. The van der Waals surface area contributed by atoms with E-state index < -0.39 is 35.9 Å². The van der Waals surface area contributed by atoms with Crippen LogP contribution < -0.4 is 0 Å². The van der Waals surface area contributed by atoms with Crippen LogP contribution in [-0.2, 0) is 23.8 Å². The van der Waals surface area contributed by atoms with Crippen molar-refractivity contribution in [1.29, 1.82) is 0 Å². The van der Waals surface area contributed by atoms with Gasteiger partial charge in [-0.3, -0.25) is 0 Å². The van der Waals surface area contributed by atoms with Crippen molar-refractivity contribution in [2.75, 3.05) is 6.61 Å². The van der Waals surface area contributed by atoms with Crippen LogP contribution in [0.2, 0.25) is 0 Å². The first-order chi connectivity index (χ1) is 12.3. The summed E-state index contributed by atoms with van der Waals surface area (Å²) >= 11 is 0. The van der Waals surface area contributed by atoms with Crippen LogP contribution in [0.3, 0.4) is 0 Å². The normalized spacial score (nSPS) is 42.1. The first kappa shape index (κ1) is 17.5. The number of carbonyl (C=O) groups is 2. The van der Waals surface area contributed by atoms with Crippen molar-refractivity contribution < 1.29 is 28.9 Å². The third-order valence-electron chi connectivity index (χ3n) is 6.34. The quantitative estimate of drug-likeness (QED) is 0.613. The fraction of sp³-hybridized carbons (Fsp3) is 0.600. The van der Waals surface area contributed by atoms with Gasteiger partial charge in [-0.1, -0.05) is 24.3 Å². The van der Waals surface area contributed by atoms with Crippen LogP contribution in [0.5, 0.6) is 0 Å². The number of aliphatic hydroxyl groups is 1. The van der Waals surface area contributed by atoms with Gasteiger partial charge in [-0.15, -0.1) is 0 Å². The summed E-state index contributed by atoms with van der Waals surface area (Å²) in [6.45, 7) is 9.73. The van der Waals surface area contributed by atoms with Gasteiger partial charge >= 0.3 is 11.9 Å². The van der Waals surface area contributed by atoms with Crippen LogP contribution in [0.25, 0.3) is 0 Å². The first-order valence-corrected chi connectivity index (χ1v) is 9.11. The van der Waals surface area contributed by atoms with Crippen molar-refractivity contribution in [3.8, 4) is 0 Å². The SMILES string of the molecule is C=C1CC[C@H]2C(=C)CC[C@@H]3[C@H](OC(=O)[C@]3(O)CO[C@@H]3C=C(C)C(=O)O3)[C@@H]12. The molecule has 0 amide bonds. The van der Waals surface area contributed by atoms with Gasteiger partial charge in [0.25, 0.3) is 0 Å². The van der Waals surface area contributed by atoms with E-state index in [1.165, 1.54) is 6.08 Å². The molecule has 6 nitrogen and oxygen atoms in total. The maximum absolute atomic E-state index is 12.6. The van der Waals surface area contributed by atoms with E-state index in [1.54, 1.807) is 6.92 Å². The molecule has 4 rings (SSSR count). The summed E-state index contributed by atoms with van der Waals surface area (Å²) in [5.74, 6) is -1.23. The molecule has 4 aliphatic rings. The third kappa shape index (κ3) is 2.55. The molecule has 0 unspecified atom stereocenters. The molecule has 0 aromatic rings. The summed E-state index contributed by atoms with van der Waals surface area (Å²) in [5, 5.41) is 11.1. The van der Waals surface area contributed by atoms with E-state index in [0.29, 0.717) is 12.0 Å². The Hall–Kier alpha value is -1.92. The number of carbonyl (C=O) groups excluding carboxylic acids is 2. The van der Waals surface area contributed by atoms with Crippen molar-refractivity contribution >= 4 is 11.9 Å². The van der Waals surface area contributed by atoms with E-state index in [2.05, 4.69) is 13.2 Å². The highest BCUT2D eigenvalue weighted by atomic mass is 16.7. The number of rotatable bonds is 3. The van der Waals surface area contributed by atoms with Gasteiger partial charge in [0, 0.05) is 17.4 Å². The van der Waals surface area contributed by atoms with Crippen LogP contribution in [-0.4, -0.2) is 41.6 Å². The molecule has 0 spiro atoms. The van der Waals surface area contributed by atoms with E-state index in [1.807, 2.05) is 0 Å². The molecule has 2 aliphatic heterocycles. The lowest BCUT2D eigenvalue weighted by atomic mass is 9.78. The summed E-state index contributed by atoms with van der Waals surface area (Å²) in [4.78, 5) is 24.0. The smallest absolute Gasteiger partial charge is 0.341 e. The predicted octanol–water partition coefficient (Wildman–Crippen LogP) is 2.04. The summed E-state index contributed by atoms with van der Waals surface area (Å²) < 4.78 is 16.2. The second-order valence-corrected chi connectivity index (χ2v) is 7.86. The Balaban J connectivity index is 1.55. The van der Waals surface area contributed by atoms with Crippen LogP contribution >= 0.6 is 0 Å². The lowest BCUT2D eigenvalue weighted by Gasteiger charge is -2.29. The Morgan fingerprint density at radius 1 is 1.23 bits per heavy atom. The molecule has 1 N–H and O–H groups in total. The maximum atomic E-state index is 12.6. The maximum Gasteiger partial charge on any atom is 0.341 e. The third-order valence-corrected chi connectivity index (χ3v) is 6.34. The van der Waals surface area contributed by atoms with Gasteiger partial charge in [0.05, 0.1) is 6.61 Å². The molecule has 6 heteroatoms. The van der Waals surface area contributed by atoms with Crippen molar-refractivity contribution in [3.63, 3.8) is 0 Å².